The molecule has 0 fully saturated rings. The van der Waals surface area contributed by atoms with Crippen molar-refractivity contribution in [3.63, 3.8) is 0 Å². The van der Waals surface area contributed by atoms with Gasteiger partial charge in [-0.2, -0.15) is 0 Å². The lowest BCUT2D eigenvalue weighted by atomic mass is 9.96. The van der Waals surface area contributed by atoms with Crippen LogP contribution in [0.15, 0.2) is 12.1 Å². The number of Topliss-reactive ketones (excluding diaryl/α,β-unsaturated/α-hetero) is 1. The second-order valence-electron chi connectivity index (χ2n) is 4.60. The van der Waals surface area contributed by atoms with Gasteiger partial charge in [0.25, 0.3) is 0 Å². The van der Waals surface area contributed by atoms with E-state index in [9.17, 15) is 9.59 Å². The predicted molar refractivity (Wildman–Crippen MR) is 70.9 cm³/mol. The quantitative estimate of drug-likeness (QED) is 0.594. The van der Waals surface area contributed by atoms with Gasteiger partial charge in [0.05, 0.1) is 7.11 Å². The summed E-state index contributed by atoms with van der Waals surface area (Å²) in [6.07, 6.45) is 1.22. The Morgan fingerprint density at radius 1 is 1.00 bits per heavy atom. The topological polar surface area (TPSA) is 43.4 Å². The zero-order chi connectivity index (χ0) is 13.7. The smallest absolute Gasteiger partial charge is 0.305 e. The molecule has 98 valence electrons. The Kier molecular flexibility index (Phi) is 5.08. The van der Waals surface area contributed by atoms with Gasteiger partial charge in [-0.3, -0.25) is 9.59 Å². The molecule has 0 aliphatic heterocycles. The predicted octanol–water partition coefficient (Wildman–Crippen LogP) is 3.14. The summed E-state index contributed by atoms with van der Waals surface area (Å²) in [5.74, 6) is -0.167. The van der Waals surface area contributed by atoms with Crippen molar-refractivity contribution in [2.45, 2.75) is 40.0 Å². The number of carbonyl (C=O) groups is 2. The molecule has 1 rings (SSSR count). The van der Waals surface area contributed by atoms with Gasteiger partial charge in [0.2, 0.25) is 0 Å². The van der Waals surface area contributed by atoms with E-state index in [0.717, 1.165) is 16.7 Å². The summed E-state index contributed by atoms with van der Waals surface area (Å²) in [5.41, 5.74) is 4.08. The first kappa shape index (κ1) is 14.4. The van der Waals surface area contributed by atoms with Crippen molar-refractivity contribution in [2.75, 3.05) is 7.11 Å². The fraction of sp³-hybridized carbons (Fsp3) is 0.467. The molecule has 0 unspecified atom stereocenters. The van der Waals surface area contributed by atoms with Crippen molar-refractivity contribution in [1.29, 1.82) is 0 Å². The number of esters is 1. The Bertz CT molecular complexity index is 461. The van der Waals surface area contributed by atoms with Crippen molar-refractivity contribution in [2.24, 2.45) is 0 Å². The van der Waals surface area contributed by atoms with Crippen LogP contribution in [0.3, 0.4) is 0 Å². The van der Waals surface area contributed by atoms with Crippen LogP contribution in [0.1, 0.15) is 46.3 Å². The first-order valence-electron chi connectivity index (χ1n) is 6.13. The molecule has 0 atom stereocenters. The van der Waals surface area contributed by atoms with Crippen LogP contribution in [0, 0.1) is 20.8 Å². The molecule has 3 heteroatoms. The molecule has 1 aromatic rings. The van der Waals surface area contributed by atoms with E-state index in [-0.39, 0.29) is 11.8 Å². The summed E-state index contributed by atoms with van der Waals surface area (Å²) in [7, 11) is 1.36. The zero-order valence-electron chi connectivity index (χ0n) is 11.5. The van der Waals surface area contributed by atoms with Gasteiger partial charge < -0.3 is 4.74 Å². The van der Waals surface area contributed by atoms with Crippen LogP contribution in [0.5, 0.6) is 0 Å². The van der Waals surface area contributed by atoms with Gasteiger partial charge in [-0.1, -0.05) is 6.07 Å². The van der Waals surface area contributed by atoms with Crippen LogP contribution < -0.4 is 0 Å². The van der Waals surface area contributed by atoms with Crippen molar-refractivity contribution in [3.05, 3.63) is 34.4 Å². The number of rotatable bonds is 5. The van der Waals surface area contributed by atoms with E-state index < -0.39 is 0 Å². The average molecular weight is 248 g/mol. The number of hydrogen-bond donors (Lipinski definition) is 0. The maximum absolute atomic E-state index is 12.0. The van der Waals surface area contributed by atoms with E-state index in [2.05, 4.69) is 4.74 Å². The Hall–Kier alpha value is -1.64. The van der Waals surface area contributed by atoms with Crippen LogP contribution in [0.25, 0.3) is 0 Å². The summed E-state index contributed by atoms with van der Waals surface area (Å²) in [5, 5.41) is 0. The number of ketones is 1. The molecule has 0 aliphatic rings. The van der Waals surface area contributed by atoms with E-state index in [4.69, 9.17) is 0 Å². The number of hydrogen-bond acceptors (Lipinski definition) is 3. The third kappa shape index (κ3) is 3.69. The van der Waals surface area contributed by atoms with Gasteiger partial charge in [0.15, 0.2) is 5.78 Å². The standard InChI is InChI=1S/C15H20O3/c1-10-8-12(3)13(9-11(10)2)14(16)6-5-7-15(17)18-4/h8-9H,5-7H2,1-4H3. The molecule has 0 radical (unpaired) electrons. The van der Waals surface area contributed by atoms with E-state index in [1.165, 1.54) is 12.7 Å². The third-order valence-electron chi connectivity index (χ3n) is 3.15. The summed E-state index contributed by atoms with van der Waals surface area (Å²) in [6, 6.07) is 3.97. The fourth-order valence-electron chi connectivity index (χ4n) is 1.89. The number of carbonyl (C=O) groups excluding carboxylic acids is 2. The maximum atomic E-state index is 12.0. The number of aryl methyl sites for hydroxylation is 3. The minimum Gasteiger partial charge on any atom is -0.469 e. The zero-order valence-corrected chi connectivity index (χ0v) is 11.5. The number of ether oxygens (including phenoxy) is 1. The van der Waals surface area contributed by atoms with Crippen LogP contribution in [-0.2, 0) is 9.53 Å². The Morgan fingerprint density at radius 2 is 1.61 bits per heavy atom. The lowest BCUT2D eigenvalue weighted by Gasteiger charge is -2.08. The van der Waals surface area contributed by atoms with Crippen LogP contribution in [0.2, 0.25) is 0 Å². The highest BCUT2D eigenvalue weighted by Crippen LogP contribution is 2.17. The fourth-order valence-corrected chi connectivity index (χ4v) is 1.89. The number of benzene rings is 1. The van der Waals surface area contributed by atoms with Gasteiger partial charge in [-0.25, -0.2) is 0 Å². The SMILES string of the molecule is COC(=O)CCCC(=O)c1cc(C)c(C)cc1C. The largest absolute Gasteiger partial charge is 0.469 e. The number of methoxy groups -OCH3 is 1. The summed E-state index contributed by atoms with van der Waals surface area (Å²) >= 11 is 0. The van der Waals surface area contributed by atoms with Crippen molar-refractivity contribution < 1.29 is 14.3 Å². The molecule has 0 aromatic heterocycles. The molecule has 0 saturated heterocycles. The Balaban J connectivity index is 2.67. The van der Waals surface area contributed by atoms with E-state index in [0.29, 0.717) is 19.3 Å². The van der Waals surface area contributed by atoms with Crippen molar-refractivity contribution in [1.82, 2.24) is 0 Å². The molecule has 0 N–H and O–H groups in total. The van der Waals surface area contributed by atoms with Crippen molar-refractivity contribution in [3.8, 4) is 0 Å². The normalized spacial score (nSPS) is 10.2. The minimum atomic E-state index is -0.264. The van der Waals surface area contributed by atoms with Gasteiger partial charge >= 0.3 is 5.97 Å². The highest BCUT2D eigenvalue weighted by atomic mass is 16.5. The molecule has 18 heavy (non-hydrogen) atoms. The first-order valence-corrected chi connectivity index (χ1v) is 6.13. The third-order valence-corrected chi connectivity index (χ3v) is 3.15. The highest BCUT2D eigenvalue weighted by Gasteiger charge is 2.11. The van der Waals surface area contributed by atoms with Gasteiger partial charge in [-0.05, 0) is 49.9 Å². The van der Waals surface area contributed by atoms with E-state index in [1.807, 2.05) is 32.9 Å². The molecule has 0 saturated carbocycles. The van der Waals surface area contributed by atoms with Crippen molar-refractivity contribution >= 4 is 11.8 Å². The molecular formula is C15H20O3. The van der Waals surface area contributed by atoms with Crippen LogP contribution in [0.4, 0.5) is 0 Å². The molecule has 3 nitrogen and oxygen atoms in total. The van der Waals surface area contributed by atoms with Crippen LogP contribution >= 0.6 is 0 Å². The first-order chi connectivity index (χ1) is 8.45. The molecule has 0 bridgehead atoms. The molecule has 0 amide bonds. The van der Waals surface area contributed by atoms with Crippen LogP contribution in [-0.4, -0.2) is 18.9 Å². The monoisotopic (exact) mass is 248 g/mol. The Labute approximate surface area is 108 Å². The second kappa shape index (κ2) is 6.34. The summed E-state index contributed by atoms with van der Waals surface area (Å²) in [6.45, 7) is 5.98. The van der Waals surface area contributed by atoms with Gasteiger partial charge in [0, 0.05) is 18.4 Å². The molecule has 0 aliphatic carbocycles. The highest BCUT2D eigenvalue weighted by molar-refractivity contribution is 5.97. The Morgan fingerprint density at radius 3 is 2.22 bits per heavy atom. The summed E-state index contributed by atoms with van der Waals surface area (Å²) < 4.78 is 4.55. The lowest BCUT2D eigenvalue weighted by molar-refractivity contribution is -0.140. The van der Waals surface area contributed by atoms with E-state index in [1.54, 1.807) is 0 Å². The second-order valence-corrected chi connectivity index (χ2v) is 4.60. The minimum absolute atomic E-state index is 0.0968. The molecule has 1 aromatic carbocycles. The van der Waals surface area contributed by atoms with Gasteiger partial charge in [0.1, 0.15) is 0 Å². The average Bonchev–Trinajstić information content (AvgIpc) is 2.33. The maximum Gasteiger partial charge on any atom is 0.305 e. The summed E-state index contributed by atoms with van der Waals surface area (Å²) in [4.78, 5) is 23.0. The lowest BCUT2D eigenvalue weighted by Crippen LogP contribution is -2.06. The van der Waals surface area contributed by atoms with Gasteiger partial charge in [-0.15, -0.1) is 0 Å². The molecule has 0 heterocycles. The molecular weight excluding hydrogens is 228 g/mol. The van der Waals surface area contributed by atoms with E-state index >= 15 is 0 Å². The molecule has 0 spiro atoms.